The van der Waals surface area contributed by atoms with E-state index in [4.69, 9.17) is 9.63 Å². The molecule has 1 aliphatic rings. The lowest BCUT2D eigenvalue weighted by Gasteiger charge is -2.16. The number of nitrogens with zero attached hydrogens (tertiary/aromatic N) is 2. The predicted molar refractivity (Wildman–Crippen MR) is 59.6 cm³/mol. The third kappa shape index (κ3) is 2.98. The van der Waals surface area contributed by atoms with Crippen molar-refractivity contribution in [3.05, 3.63) is 11.7 Å². The number of aliphatic carboxylic acids is 1. The maximum Gasteiger partial charge on any atom is 0.303 e. The second-order valence-electron chi connectivity index (χ2n) is 3.83. The van der Waals surface area contributed by atoms with Crippen LogP contribution in [0.1, 0.15) is 36.9 Å². The van der Waals surface area contributed by atoms with Gasteiger partial charge in [-0.3, -0.25) is 4.79 Å². The Kier molecular flexibility index (Phi) is 3.82. The molecule has 0 spiro atoms. The molecule has 0 amide bonds. The molecule has 1 fully saturated rings. The lowest BCUT2D eigenvalue weighted by atomic mass is 10.0. The van der Waals surface area contributed by atoms with Gasteiger partial charge in [-0.25, -0.2) is 0 Å². The van der Waals surface area contributed by atoms with E-state index < -0.39 is 5.97 Å². The van der Waals surface area contributed by atoms with E-state index in [1.54, 1.807) is 0 Å². The summed E-state index contributed by atoms with van der Waals surface area (Å²) in [5.74, 6) is 3.00. The molecule has 0 atom stereocenters. The minimum Gasteiger partial charge on any atom is -0.481 e. The number of thioether (sulfide) groups is 1. The average Bonchev–Trinajstić information content (AvgIpc) is 2.76. The molecule has 0 bridgehead atoms. The number of hydrogen-bond donors (Lipinski definition) is 1. The first-order valence-corrected chi connectivity index (χ1v) is 6.53. The van der Waals surface area contributed by atoms with Crippen LogP contribution in [0.4, 0.5) is 0 Å². The van der Waals surface area contributed by atoms with Crippen molar-refractivity contribution in [1.29, 1.82) is 0 Å². The minimum atomic E-state index is -0.833. The van der Waals surface area contributed by atoms with Gasteiger partial charge >= 0.3 is 5.97 Å². The molecule has 1 aromatic heterocycles. The number of aromatic nitrogens is 2. The summed E-state index contributed by atoms with van der Waals surface area (Å²) in [6, 6.07) is 0. The Bertz CT molecular complexity index is 361. The first-order chi connectivity index (χ1) is 7.75. The second kappa shape index (κ2) is 5.34. The fraction of sp³-hybridized carbons (Fsp3) is 0.700. The van der Waals surface area contributed by atoms with Gasteiger partial charge in [-0.15, -0.1) is 0 Å². The Balaban J connectivity index is 1.93. The topological polar surface area (TPSA) is 76.2 Å². The van der Waals surface area contributed by atoms with Crippen molar-refractivity contribution in [1.82, 2.24) is 10.1 Å². The molecule has 2 rings (SSSR count). The van der Waals surface area contributed by atoms with Crippen molar-refractivity contribution in [2.45, 2.75) is 31.6 Å². The van der Waals surface area contributed by atoms with Crippen molar-refractivity contribution in [2.24, 2.45) is 0 Å². The Labute approximate surface area is 97.6 Å². The van der Waals surface area contributed by atoms with Crippen LogP contribution < -0.4 is 0 Å². The van der Waals surface area contributed by atoms with Gasteiger partial charge in [0.25, 0.3) is 0 Å². The highest BCUT2D eigenvalue weighted by atomic mass is 32.2. The summed E-state index contributed by atoms with van der Waals surface area (Å²) in [7, 11) is 0. The zero-order chi connectivity index (χ0) is 11.4. The van der Waals surface area contributed by atoms with E-state index in [-0.39, 0.29) is 6.42 Å². The van der Waals surface area contributed by atoms with Crippen LogP contribution in [0.25, 0.3) is 0 Å². The molecule has 0 radical (unpaired) electrons. The molecule has 0 unspecified atom stereocenters. The standard InChI is InChI=1S/C10H14N2O3S/c13-9(14)2-1-8-11-10(15-12-8)7-3-5-16-6-4-7/h7H,1-6H2,(H,13,14). The lowest BCUT2D eigenvalue weighted by Crippen LogP contribution is -2.08. The van der Waals surface area contributed by atoms with Crippen molar-refractivity contribution < 1.29 is 14.4 Å². The number of aryl methyl sites for hydroxylation is 1. The minimum absolute atomic E-state index is 0.0551. The molecule has 1 N–H and O–H groups in total. The van der Waals surface area contributed by atoms with E-state index in [2.05, 4.69) is 10.1 Å². The highest BCUT2D eigenvalue weighted by molar-refractivity contribution is 7.99. The van der Waals surface area contributed by atoms with Crippen molar-refractivity contribution in [3.8, 4) is 0 Å². The quantitative estimate of drug-likeness (QED) is 0.866. The highest BCUT2D eigenvalue weighted by Gasteiger charge is 2.21. The summed E-state index contributed by atoms with van der Waals surface area (Å²) in [6.45, 7) is 0. The van der Waals surface area contributed by atoms with Crippen LogP contribution in [0, 0.1) is 0 Å². The summed E-state index contributed by atoms with van der Waals surface area (Å²) in [6.07, 6.45) is 2.55. The van der Waals surface area contributed by atoms with Gasteiger partial charge in [0.2, 0.25) is 5.89 Å². The number of carbonyl (C=O) groups is 1. The second-order valence-corrected chi connectivity index (χ2v) is 5.05. The largest absolute Gasteiger partial charge is 0.481 e. The van der Waals surface area contributed by atoms with Crippen LogP contribution in [-0.2, 0) is 11.2 Å². The van der Waals surface area contributed by atoms with Crippen LogP contribution in [0.2, 0.25) is 0 Å². The summed E-state index contributed by atoms with van der Waals surface area (Å²) < 4.78 is 5.17. The summed E-state index contributed by atoms with van der Waals surface area (Å²) in [4.78, 5) is 14.6. The third-order valence-electron chi connectivity index (χ3n) is 2.62. The van der Waals surface area contributed by atoms with Crippen molar-refractivity contribution in [2.75, 3.05) is 11.5 Å². The van der Waals surface area contributed by atoms with Crippen LogP contribution in [-0.4, -0.2) is 32.7 Å². The first kappa shape index (κ1) is 11.4. The van der Waals surface area contributed by atoms with Gasteiger partial charge in [0.15, 0.2) is 5.82 Å². The van der Waals surface area contributed by atoms with Crippen LogP contribution in [0.3, 0.4) is 0 Å². The maximum atomic E-state index is 10.4. The zero-order valence-electron chi connectivity index (χ0n) is 8.89. The Morgan fingerprint density at radius 1 is 1.50 bits per heavy atom. The van der Waals surface area contributed by atoms with E-state index in [0.717, 1.165) is 24.3 Å². The fourth-order valence-electron chi connectivity index (χ4n) is 1.70. The fourth-order valence-corrected chi connectivity index (χ4v) is 2.80. The van der Waals surface area contributed by atoms with Crippen LogP contribution in [0.15, 0.2) is 4.52 Å². The van der Waals surface area contributed by atoms with Gasteiger partial charge < -0.3 is 9.63 Å². The number of hydrogen-bond acceptors (Lipinski definition) is 5. The zero-order valence-corrected chi connectivity index (χ0v) is 9.70. The van der Waals surface area contributed by atoms with E-state index in [1.807, 2.05) is 11.8 Å². The van der Waals surface area contributed by atoms with E-state index >= 15 is 0 Å². The lowest BCUT2D eigenvalue weighted by molar-refractivity contribution is -0.137. The summed E-state index contributed by atoms with van der Waals surface area (Å²) in [5.41, 5.74) is 0. The van der Waals surface area contributed by atoms with Gasteiger partial charge in [0.05, 0.1) is 6.42 Å². The molecular formula is C10H14N2O3S. The van der Waals surface area contributed by atoms with E-state index in [1.165, 1.54) is 0 Å². The van der Waals surface area contributed by atoms with Crippen LogP contribution >= 0.6 is 11.8 Å². The molecule has 16 heavy (non-hydrogen) atoms. The smallest absolute Gasteiger partial charge is 0.303 e. The average molecular weight is 242 g/mol. The Hall–Kier alpha value is -1.04. The normalized spacial score (nSPS) is 17.5. The molecule has 0 aliphatic carbocycles. The number of carboxylic acid groups (broad SMARTS) is 1. The van der Waals surface area contributed by atoms with Gasteiger partial charge in [-0.1, -0.05) is 5.16 Å². The summed E-state index contributed by atoms with van der Waals surface area (Å²) >= 11 is 1.95. The molecule has 1 saturated heterocycles. The first-order valence-electron chi connectivity index (χ1n) is 5.37. The molecular weight excluding hydrogens is 228 g/mol. The van der Waals surface area contributed by atoms with Crippen molar-refractivity contribution >= 4 is 17.7 Å². The Morgan fingerprint density at radius 3 is 2.94 bits per heavy atom. The van der Waals surface area contributed by atoms with Gasteiger partial charge in [-0.05, 0) is 24.3 Å². The van der Waals surface area contributed by atoms with Crippen molar-refractivity contribution in [3.63, 3.8) is 0 Å². The molecule has 2 heterocycles. The predicted octanol–water partition coefficient (Wildman–Crippen LogP) is 1.70. The number of carboxylic acids is 1. The monoisotopic (exact) mass is 242 g/mol. The Morgan fingerprint density at radius 2 is 2.25 bits per heavy atom. The molecule has 1 aromatic rings. The molecule has 0 saturated carbocycles. The van der Waals surface area contributed by atoms with E-state index in [9.17, 15) is 4.79 Å². The van der Waals surface area contributed by atoms with Gasteiger partial charge in [0.1, 0.15) is 0 Å². The van der Waals surface area contributed by atoms with Crippen LogP contribution in [0.5, 0.6) is 0 Å². The van der Waals surface area contributed by atoms with Gasteiger partial charge in [-0.2, -0.15) is 16.7 Å². The third-order valence-corrected chi connectivity index (χ3v) is 3.67. The molecule has 88 valence electrons. The van der Waals surface area contributed by atoms with Gasteiger partial charge in [0, 0.05) is 12.3 Å². The number of rotatable bonds is 4. The molecule has 0 aromatic carbocycles. The summed E-state index contributed by atoms with van der Waals surface area (Å²) in [5, 5.41) is 12.3. The SMILES string of the molecule is O=C(O)CCc1noc(C2CCSCC2)n1. The maximum absolute atomic E-state index is 10.4. The van der Waals surface area contributed by atoms with E-state index in [0.29, 0.717) is 24.1 Å². The molecule has 6 heteroatoms. The molecule has 5 nitrogen and oxygen atoms in total. The molecule has 1 aliphatic heterocycles. The highest BCUT2D eigenvalue weighted by Crippen LogP contribution is 2.30.